The van der Waals surface area contributed by atoms with Gasteiger partial charge in [0.1, 0.15) is 0 Å². The van der Waals surface area contributed by atoms with Crippen molar-refractivity contribution in [2.75, 3.05) is 0 Å². The van der Waals surface area contributed by atoms with Gasteiger partial charge in [-0.1, -0.05) is 139 Å². The van der Waals surface area contributed by atoms with Crippen LogP contribution >= 0.6 is 32.7 Å². The Labute approximate surface area is 180 Å². The summed E-state index contributed by atoms with van der Waals surface area (Å²) in [5, 5.41) is -0.311. The van der Waals surface area contributed by atoms with Gasteiger partial charge in [0.15, 0.2) is 0 Å². The average molecular weight is 465 g/mol. The van der Waals surface area contributed by atoms with E-state index in [0.717, 1.165) is 0 Å². The maximum atomic E-state index is 3.14. The van der Waals surface area contributed by atoms with Crippen molar-refractivity contribution in [2.24, 2.45) is 0 Å². The predicted octanol–water partition coefficient (Wildman–Crippen LogP) is 7.69. The van der Waals surface area contributed by atoms with Crippen molar-refractivity contribution in [1.29, 1.82) is 0 Å². The van der Waals surface area contributed by atoms with E-state index < -0.39 is 0 Å². The van der Waals surface area contributed by atoms with Gasteiger partial charge in [-0.2, -0.15) is 0 Å². The lowest BCUT2D eigenvalue weighted by Gasteiger charge is -2.33. The summed E-state index contributed by atoms with van der Waals surface area (Å²) < 4.78 is 0. The first-order valence-corrected chi connectivity index (χ1v) is 12.8. The molecule has 28 heavy (non-hydrogen) atoms. The van der Waals surface area contributed by atoms with E-state index in [9.17, 15) is 0 Å². The summed E-state index contributed by atoms with van der Waals surface area (Å²) in [4.78, 5) is 0. The Morgan fingerprint density at radius 3 is 1.39 bits per heavy atom. The lowest BCUT2D eigenvalue weighted by Crippen LogP contribution is -2.22. The number of halogens is 1. The molecule has 2 unspecified atom stereocenters. The molecular formula is C25H23BrP2. The summed E-state index contributed by atoms with van der Waals surface area (Å²) in [6, 6.07) is 40.8. The second-order valence-corrected chi connectivity index (χ2v) is 7.32. The minimum atomic E-state index is -0.311. The molecule has 0 N–H and O–H groups in total. The van der Waals surface area contributed by atoms with Crippen LogP contribution in [0.3, 0.4) is 0 Å². The molecule has 0 bridgehead atoms. The summed E-state index contributed by atoms with van der Waals surface area (Å²) in [5.41, 5.74) is 6.31. The van der Waals surface area contributed by atoms with Gasteiger partial charge in [-0.3, -0.25) is 0 Å². The summed E-state index contributed by atoms with van der Waals surface area (Å²) in [7, 11) is 5.37. The fourth-order valence-corrected chi connectivity index (χ4v) is 4.21. The minimum Gasteiger partial charge on any atom is -0.117 e. The molecule has 0 radical (unpaired) electrons. The zero-order chi connectivity index (χ0) is 19.8. The van der Waals surface area contributed by atoms with Crippen LogP contribution in [0.5, 0.6) is 0 Å². The van der Waals surface area contributed by atoms with Crippen molar-refractivity contribution in [3.05, 3.63) is 132 Å². The summed E-state index contributed by atoms with van der Waals surface area (Å²) in [5.74, 6) is 0. The van der Waals surface area contributed by atoms with E-state index in [1.807, 2.05) is 0 Å². The summed E-state index contributed by atoms with van der Waals surface area (Å²) >= 11 is 2.85. The Balaban J connectivity index is 0.00000109. The molecule has 2 atom stereocenters. The highest BCUT2D eigenvalue weighted by Crippen LogP contribution is 2.48. The third kappa shape index (κ3) is 4.28. The molecular weight excluding hydrogens is 442 g/mol. The first-order chi connectivity index (χ1) is 13.8. The minimum absolute atomic E-state index is 0.311. The molecule has 4 aromatic carbocycles. The van der Waals surface area contributed by atoms with Crippen LogP contribution in [0.1, 0.15) is 16.7 Å². The Hall–Kier alpha value is -1.78. The van der Waals surface area contributed by atoms with Crippen molar-refractivity contribution in [2.45, 2.75) is 5.16 Å². The SMILES string of the molecule is PBr.PC(c1ccccc1)(c1ccccc1)c1ccccc1-c1ccccc1. The molecule has 0 spiro atoms. The number of rotatable bonds is 4. The van der Waals surface area contributed by atoms with E-state index in [2.05, 4.69) is 148 Å². The number of hydrogen-bond donors (Lipinski definition) is 0. The standard InChI is InChI=1S/C25H21P.BrH2P/c26-25(21-14-6-2-7-15-21,22-16-8-3-9-17-22)24-19-11-10-18-23(24)20-12-4-1-5-13-20;1-2/h1-19H,26H2;2H2. The zero-order valence-corrected chi connectivity index (χ0v) is 19.4. The molecule has 140 valence electrons. The van der Waals surface area contributed by atoms with Gasteiger partial charge in [-0.05, 0) is 27.8 Å². The largest absolute Gasteiger partial charge is 0.117 e. The second kappa shape index (κ2) is 10.1. The summed E-state index contributed by atoms with van der Waals surface area (Å²) in [6.07, 6.45) is 0. The maximum absolute atomic E-state index is 3.14. The van der Waals surface area contributed by atoms with Gasteiger partial charge in [0.25, 0.3) is 0 Å². The maximum Gasteiger partial charge on any atom is 0.0597 e. The number of hydrogen-bond acceptors (Lipinski definition) is 0. The van der Waals surface area contributed by atoms with Gasteiger partial charge < -0.3 is 0 Å². The highest BCUT2D eigenvalue weighted by molar-refractivity contribution is 9.34. The lowest BCUT2D eigenvalue weighted by atomic mass is 9.80. The molecule has 0 fully saturated rings. The fraction of sp³-hybridized carbons (Fsp3) is 0.0400. The van der Waals surface area contributed by atoms with Crippen LogP contribution in [0.2, 0.25) is 0 Å². The van der Waals surface area contributed by atoms with Crippen molar-refractivity contribution in [3.63, 3.8) is 0 Å². The van der Waals surface area contributed by atoms with Gasteiger partial charge in [0.2, 0.25) is 0 Å². The quantitative estimate of drug-likeness (QED) is 0.214. The molecule has 0 aliphatic carbocycles. The summed E-state index contributed by atoms with van der Waals surface area (Å²) in [6.45, 7) is 0. The predicted molar refractivity (Wildman–Crippen MR) is 133 cm³/mol. The Morgan fingerprint density at radius 1 is 0.500 bits per heavy atom. The van der Waals surface area contributed by atoms with Crippen molar-refractivity contribution >= 4 is 32.7 Å². The molecule has 3 heteroatoms. The van der Waals surface area contributed by atoms with Gasteiger partial charge in [-0.15, -0.1) is 9.24 Å². The van der Waals surface area contributed by atoms with Crippen molar-refractivity contribution in [1.82, 2.24) is 0 Å². The fourth-order valence-electron chi connectivity index (χ4n) is 3.58. The van der Waals surface area contributed by atoms with Crippen molar-refractivity contribution in [3.8, 4) is 11.1 Å². The molecule has 0 amide bonds. The number of benzene rings is 4. The smallest absolute Gasteiger partial charge is 0.0597 e. The molecule has 0 aliphatic heterocycles. The van der Waals surface area contributed by atoms with Crippen LogP contribution in [-0.2, 0) is 5.16 Å². The molecule has 0 nitrogen and oxygen atoms in total. The van der Waals surface area contributed by atoms with E-state index in [4.69, 9.17) is 0 Å². The zero-order valence-electron chi connectivity index (χ0n) is 15.5. The van der Waals surface area contributed by atoms with E-state index in [1.165, 1.54) is 27.8 Å². The molecule has 0 aliphatic rings. The van der Waals surface area contributed by atoms with Crippen LogP contribution in [-0.4, -0.2) is 0 Å². The Kier molecular flexibility index (Phi) is 7.57. The Bertz CT molecular complexity index is 947. The van der Waals surface area contributed by atoms with Crippen LogP contribution in [0.4, 0.5) is 0 Å². The highest BCUT2D eigenvalue weighted by atomic mass is 79.9. The van der Waals surface area contributed by atoms with E-state index in [0.29, 0.717) is 0 Å². The molecule has 0 aromatic heterocycles. The van der Waals surface area contributed by atoms with Gasteiger partial charge in [-0.25, -0.2) is 0 Å². The van der Waals surface area contributed by atoms with E-state index in [1.54, 1.807) is 0 Å². The Morgan fingerprint density at radius 2 is 0.893 bits per heavy atom. The molecule has 4 aromatic rings. The molecule has 0 saturated heterocycles. The van der Waals surface area contributed by atoms with Crippen LogP contribution in [0, 0.1) is 0 Å². The van der Waals surface area contributed by atoms with Crippen molar-refractivity contribution < 1.29 is 0 Å². The molecule has 4 rings (SSSR count). The monoisotopic (exact) mass is 464 g/mol. The van der Waals surface area contributed by atoms with Crippen LogP contribution < -0.4 is 0 Å². The normalized spacial score (nSPS) is 10.7. The molecule has 0 saturated carbocycles. The van der Waals surface area contributed by atoms with Crippen LogP contribution in [0.15, 0.2) is 115 Å². The topological polar surface area (TPSA) is 0 Å². The second-order valence-electron chi connectivity index (χ2n) is 6.45. The van der Waals surface area contributed by atoms with Gasteiger partial charge >= 0.3 is 0 Å². The van der Waals surface area contributed by atoms with Gasteiger partial charge in [0, 0.05) is 0 Å². The average Bonchev–Trinajstić information content (AvgIpc) is 2.81. The van der Waals surface area contributed by atoms with Crippen LogP contribution in [0.25, 0.3) is 11.1 Å². The van der Waals surface area contributed by atoms with E-state index in [-0.39, 0.29) is 5.16 Å². The third-order valence-electron chi connectivity index (χ3n) is 4.89. The van der Waals surface area contributed by atoms with E-state index >= 15 is 0 Å². The lowest BCUT2D eigenvalue weighted by molar-refractivity contribution is 0.899. The molecule has 0 heterocycles. The highest BCUT2D eigenvalue weighted by Gasteiger charge is 2.33. The first-order valence-electron chi connectivity index (χ1n) is 9.07. The first kappa shape index (κ1) is 20.9. The third-order valence-corrected chi connectivity index (χ3v) is 5.87. The van der Waals surface area contributed by atoms with Gasteiger partial charge in [0.05, 0.1) is 5.16 Å².